The molecule has 0 saturated carbocycles. The number of carbonyl (C=O) groups excluding carboxylic acids is 2. The molecule has 2 aromatic rings. The van der Waals surface area contributed by atoms with Crippen molar-refractivity contribution in [1.29, 1.82) is 0 Å². The zero-order valence-corrected chi connectivity index (χ0v) is 20.0. The molecule has 9 heteroatoms. The van der Waals surface area contributed by atoms with Gasteiger partial charge in [-0.3, -0.25) is 14.6 Å². The number of amides is 2. The third kappa shape index (κ3) is 5.96. The number of aromatic nitrogens is 2. The molecular weight excluding hydrogens is 430 g/mol. The molecule has 2 aliphatic rings. The van der Waals surface area contributed by atoms with Crippen molar-refractivity contribution < 1.29 is 9.59 Å². The molecule has 1 atom stereocenters. The SMILES string of the molecule is CN1CCCCCC(=O)N(C)CCCNc2ncnc3c2C(C=Nc2cccc(c2)C1)C(=O)N3. The van der Waals surface area contributed by atoms with E-state index in [-0.39, 0.29) is 11.8 Å². The highest BCUT2D eigenvalue weighted by Gasteiger charge is 2.33. The molecule has 1 aromatic carbocycles. The maximum absolute atomic E-state index is 12.7. The normalized spacial score (nSPS) is 20.8. The van der Waals surface area contributed by atoms with Gasteiger partial charge in [0.25, 0.3) is 0 Å². The van der Waals surface area contributed by atoms with E-state index in [1.807, 2.05) is 19.2 Å². The van der Waals surface area contributed by atoms with E-state index < -0.39 is 5.92 Å². The molecule has 0 fully saturated rings. The van der Waals surface area contributed by atoms with Crippen LogP contribution in [-0.4, -0.2) is 71.5 Å². The Balaban J connectivity index is 1.56. The lowest BCUT2D eigenvalue weighted by atomic mass is 10.0. The Labute approximate surface area is 200 Å². The second kappa shape index (κ2) is 11.2. The first-order valence-corrected chi connectivity index (χ1v) is 12.0. The van der Waals surface area contributed by atoms with Gasteiger partial charge in [-0.25, -0.2) is 9.97 Å². The number of benzene rings is 1. The standard InChI is InChI=1S/C25H33N7O2/c1-31-12-5-3-4-10-21(33)32(2)13-7-11-26-23-22-20(25(34)30-24(22)29-17-28-23)15-27-19-9-6-8-18(14-19)16-31/h6,8-9,14-15,17,20H,3-5,7,10-13,16H2,1-2H3,(H2,26,28,29,30,34). The Morgan fingerprint density at radius 2 is 1.85 bits per heavy atom. The van der Waals surface area contributed by atoms with Gasteiger partial charge in [0.2, 0.25) is 11.8 Å². The molecule has 180 valence electrons. The smallest absolute Gasteiger partial charge is 0.238 e. The van der Waals surface area contributed by atoms with Crippen LogP contribution < -0.4 is 10.6 Å². The van der Waals surface area contributed by atoms with Crippen LogP contribution in [0, 0.1) is 0 Å². The molecule has 1 unspecified atom stereocenters. The summed E-state index contributed by atoms with van der Waals surface area (Å²) in [5.41, 5.74) is 2.69. The molecular formula is C25H33N7O2. The molecule has 34 heavy (non-hydrogen) atoms. The number of hydrogen-bond acceptors (Lipinski definition) is 7. The maximum atomic E-state index is 12.7. The van der Waals surface area contributed by atoms with Crippen LogP contribution >= 0.6 is 0 Å². The van der Waals surface area contributed by atoms with E-state index in [1.54, 1.807) is 11.1 Å². The Morgan fingerprint density at radius 1 is 1.00 bits per heavy atom. The molecule has 0 spiro atoms. The van der Waals surface area contributed by atoms with Gasteiger partial charge in [-0.2, -0.15) is 0 Å². The van der Waals surface area contributed by atoms with Gasteiger partial charge in [0, 0.05) is 39.3 Å². The summed E-state index contributed by atoms with van der Waals surface area (Å²) in [5.74, 6) is 0.588. The lowest BCUT2D eigenvalue weighted by Crippen LogP contribution is -2.28. The summed E-state index contributed by atoms with van der Waals surface area (Å²) in [5, 5.41) is 6.16. The van der Waals surface area contributed by atoms with Crippen LogP contribution in [0.4, 0.5) is 17.3 Å². The minimum atomic E-state index is -0.566. The van der Waals surface area contributed by atoms with Crippen LogP contribution in [0.2, 0.25) is 0 Å². The number of fused-ring (bicyclic) bond motifs is 2. The van der Waals surface area contributed by atoms with Gasteiger partial charge in [0.05, 0.1) is 11.3 Å². The number of rotatable bonds is 0. The van der Waals surface area contributed by atoms with Crippen LogP contribution in [0.25, 0.3) is 0 Å². The Kier molecular flexibility index (Phi) is 7.84. The average Bonchev–Trinajstić information content (AvgIpc) is 3.15. The lowest BCUT2D eigenvalue weighted by molar-refractivity contribution is -0.130. The van der Waals surface area contributed by atoms with Gasteiger partial charge in [-0.1, -0.05) is 18.6 Å². The summed E-state index contributed by atoms with van der Waals surface area (Å²) in [7, 11) is 3.97. The van der Waals surface area contributed by atoms with Crippen molar-refractivity contribution in [3.8, 4) is 0 Å². The number of hydrogen-bond donors (Lipinski definition) is 2. The number of carbonyl (C=O) groups is 2. The van der Waals surface area contributed by atoms with Crippen molar-refractivity contribution in [3.63, 3.8) is 0 Å². The summed E-state index contributed by atoms with van der Waals surface area (Å²) in [6.45, 7) is 3.09. The van der Waals surface area contributed by atoms with Crippen LogP contribution in [-0.2, 0) is 16.1 Å². The predicted octanol–water partition coefficient (Wildman–Crippen LogP) is 3.18. The van der Waals surface area contributed by atoms with Gasteiger partial charge in [0.1, 0.15) is 23.9 Å². The molecule has 0 aliphatic carbocycles. The lowest BCUT2D eigenvalue weighted by Gasteiger charge is -2.18. The van der Waals surface area contributed by atoms with Gasteiger partial charge < -0.3 is 20.4 Å². The van der Waals surface area contributed by atoms with Crippen LogP contribution in [0.15, 0.2) is 35.6 Å². The number of nitrogens with zero attached hydrogens (tertiary/aromatic N) is 5. The molecule has 3 heterocycles. The quantitative estimate of drug-likeness (QED) is 0.622. The first kappa shape index (κ1) is 23.8. The van der Waals surface area contributed by atoms with Crippen LogP contribution in [0.5, 0.6) is 0 Å². The fourth-order valence-corrected chi connectivity index (χ4v) is 4.36. The summed E-state index contributed by atoms with van der Waals surface area (Å²) in [6.07, 6.45) is 7.49. The Bertz CT molecular complexity index is 1060. The van der Waals surface area contributed by atoms with Gasteiger partial charge >= 0.3 is 0 Å². The van der Waals surface area contributed by atoms with E-state index in [2.05, 4.69) is 49.7 Å². The molecule has 2 bridgehead atoms. The Morgan fingerprint density at radius 3 is 2.74 bits per heavy atom. The molecule has 0 saturated heterocycles. The van der Waals surface area contributed by atoms with Crippen LogP contribution in [0.3, 0.4) is 0 Å². The average molecular weight is 464 g/mol. The molecule has 2 N–H and O–H groups in total. The maximum Gasteiger partial charge on any atom is 0.238 e. The second-order valence-corrected chi connectivity index (χ2v) is 9.04. The minimum absolute atomic E-state index is 0.165. The largest absolute Gasteiger partial charge is 0.370 e. The summed E-state index contributed by atoms with van der Waals surface area (Å²) >= 11 is 0. The third-order valence-corrected chi connectivity index (χ3v) is 6.27. The van der Waals surface area contributed by atoms with E-state index in [0.29, 0.717) is 36.7 Å². The van der Waals surface area contributed by atoms with Gasteiger partial charge in [0.15, 0.2) is 0 Å². The van der Waals surface area contributed by atoms with Crippen molar-refractivity contribution >= 4 is 35.4 Å². The van der Waals surface area contributed by atoms with E-state index in [9.17, 15) is 9.59 Å². The monoisotopic (exact) mass is 463 g/mol. The second-order valence-electron chi connectivity index (χ2n) is 9.04. The molecule has 2 amide bonds. The highest BCUT2D eigenvalue weighted by Crippen LogP contribution is 2.34. The summed E-state index contributed by atoms with van der Waals surface area (Å²) in [4.78, 5) is 42.4. The molecule has 1 aromatic heterocycles. The first-order valence-electron chi connectivity index (χ1n) is 12.0. The molecule has 0 radical (unpaired) electrons. The zero-order chi connectivity index (χ0) is 23.9. The van der Waals surface area contributed by atoms with E-state index in [0.717, 1.165) is 44.5 Å². The summed E-state index contributed by atoms with van der Waals surface area (Å²) < 4.78 is 0. The van der Waals surface area contributed by atoms with Crippen molar-refractivity contribution in [2.75, 3.05) is 44.4 Å². The molecule has 4 rings (SSSR count). The number of aliphatic imine (C=N–C) groups is 1. The van der Waals surface area contributed by atoms with Crippen molar-refractivity contribution in [2.45, 2.75) is 44.6 Å². The van der Waals surface area contributed by atoms with E-state index in [4.69, 9.17) is 0 Å². The number of anilines is 2. The van der Waals surface area contributed by atoms with Gasteiger partial charge in [-0.15, -0.1) is 0 Å². The Hall–Kier alpha value is -3.33. The molecule has 2 aliphatic heterocycles. The fourth-order valence-electron chi connectivity index (χ4n) is 4.36. The topological polar surface area (TPSA) is 103 Å². The molecule has 9 nitrogen and oxygen atoms in total. The highest BCUT2D eigenvalue weighted by molar-refractivity contribution is 6.13. The summed E-state index contributed by atoms with van der Waals surface area (Å²) in [6, 6.07) is 8.08. The predicted molar refractivity (Wildman–Crippen MR) is 134 cm³/mol. The van der Waals surface area contributed by atoms with E-state index >= 15 is 0 Å². The van der Waals surface area contributed by atoms with E-state index in [1.165, 1.54) is 11.9 Å². The minimum Gasteiger partial charge on any atom is -0.370 e. The highest BCUT2D eigenvalue weighted by atomic mass is 16.2. The van der Waals surface area contributed by atoms with Crippen molar-refractivity contribution in [2.24, 2.45) is 4.99 Å². The van der Waals surface area contributed by atoms with Gasteiger partial charge in [-0.05, 0) is 50.6 Å². The number of nitrogens with one attached hydrogen (secondary N) is 2. The van der Waals surface area contributed by atoms with Crippen molar-refractivity contribution in [3.05, 3.63) is 41.7 Å². The van der Waals surface area contributed by atoms with Crippen LogP contribution in [0.1, 0.15) is 49.1 Å². The zero-order valence-electron chi connectivity index (χ0n) is 20.0. The first-order chi connectivity index (χ1) is 16.5. The third-order valence-electron chi connectivity index (χ3n) is 6.27. The fraction of sp³-hybridized carbons (Fsp3) is 0.480. The van der Waals surface area contributed by atoms with Crippen molar-refractivity contribution in [1.82, 2.24) is 19.8 Å².